The van der Waals surface area contributed by atoms with E-state index < -0.39 is 217 Å². The molecule has 13 atom stereocenters. The molecule has 0 aliphatic heterocycles. The second-order valence-electron chi connectivity index (χ2n) is 24.2. The quantitative estimate of drug-likeness (QED) is 0.0125. The second kappa shape index (κ2) is 46.1. The summed E-state index contributed by atoms with van der Waals surface area (Å²) in [6.07, 6.45) is 0.945. The number of rotatable bonds is 49. The molecule has 0 aromatic carbocycles. The Morgan fingerprint density at radius 2 is 0.990 bits per heavy atom. The molecule has 1 aromatic rings. The Bertz CT molecular complexity index is 2980. The van der Waals surface area contributed by atoms with Gasteiger partial charge < -0.3 is 113 Å². The maximum Gasteiger partial charge on any atom is 0.327 e. The summed E-state index contributed by atoms with van der Waals surface area (Å²) in [4.78, 5) is 218. The van der Waals surface area contributed by atoms with E-state index in [1.54, 1.807) is 41.5 Å². The van der Waals surface area contributed by atoms with Crippen LogP contribution in [0.5, 0.6) is 0 Å². The molecule has 0 spiro atoms. The van der Waals surface area contributed by atoms with Crippen LogP contribution in [0.25, 0.3) is 0 Å². The third-order valence-electron chi connectivity index (χ3n) is 15.2. The fourth-order valence-electron chi connectivity index (χ4n) is 9.22. The molecular formula is C59H101N21O18S2. The number of carbonyl (C=O) groups is 16. The molecule has 562 valence electrons. The number of amides is 14. The first kappa shape index (κ1) is 88.6. The van der Waals surface area contributed by atoms with E-state index in [0.717, 1.165) is 0 Å². The lowest BCUT2D eigenvalue weighted by Crippen LogP contribution is -2.62. The monoisotopic (exact) mass is 1460 g/mol. The molecule has 1 rings (SSSR count). The van der Waals surface area contributed by atoms with Crippen molar-refractivity contribution in [2.75, 3.05) is 31.1 Å². The third kappa shape index (κ3) is 33.4. The van der Waals surface area contributed by atoms with Gasteiger partial charge in [-0.2, -0.15) is 25.3 Å². The Morgan fingerprint density at radius 1 is 0.520 bits per heavy atom. The van der Waals surface area contributed by atoms with Crippen molar-refractivity contribution in [2.24, 2.45) is 46.4 Å². The topological polar surface area (TPSA) is 653 Å². The molecule has 0 aliphatic rings. The van der Waals surface area contributed by atoms with Crippen molar-refractivity contribution in [1.82, 2.24) is 79.1 Å². The van der Waals surface area contributed by atoms with E-state index in [1.807, 2.05) is 0 Å². The van der Waals surface area contributed by atoms with Crippen molar-refractivity contribution in [1.29, 1.82) is 5.41 Å². The largest absolute Gasteiger partial charge is 0.481 e. The summed E-state index contributed by atoms with van der Waals surface area (Å²) < 4.78 is 0. The van der Waals surface area contributed by atoms with Gasteiger partial charge in [0, 0.05) is 43.5 Å². The lowest BCUT2D eigenvalue weighted by Gasteiger charge is -2.30. The predicted molar refractivity (Wildman–Crippen MR) is 366 cm³/mol. The maximum absolute atomic E-state index is 14.5. The zero-order valence-electron chi connectivity index (χ0n) is 57.0. The number of nitrogens with one attached hydrogen (secondary N) is 15. The molecule has 0 aliphatic carbocycles. The summed E-state index contributed by atoms with van der Waals surface area (Å²) in [7, 11) is 0. The van der Waals surface area contributed by atoms with Crippen molar-refractivity contribution in [3.63, 3.8) is 0 Å². The zero-order chi connectivity index (χ0) is 76.1. The van der Waals surface area contributed by atoms with Crippen LogP contribution in [0, 0.1) is 23.2 Å². The number of carboxylic acids is 2. The highest BCUT2D eigenvalue weighted by molar-refractivity contribution is 7.80. The molecule has 14 amide bonds. The van der Waals surface area contributed by atoms with Crippen LogP contribution >= 0.6 is 25.3 Å². The standard InChI is InChI=1S/C59H101N21O18S2/c1-8-29(6)46(57(96)73-35(15-17-43(84)85)52(91)77-39(25-100)58(97)98)80-54(93)38(24-99)76-51(90)33(12-9-10-18-60)71-50(89)34(13-11-19-67-59(64)65)72-55(94)44(27(2)3)79-56(95)45(28(4)5)78-53(92)36(20-31-22-66-26-69-31)74-47(86)30(7)70-42(83)23-68-49(88)37(21-41(63)82)75-48(87)32(61)14-16-40(62)81/h22,26-30,32-39,44-46,99-100H,8-21,23-25,60-61H2,1-7H3,(H2,62,81)(H2,63,82)(H,66,69)(H,68,88)(H,70,83)(H,71,89)(H,72,94)(H,73,96)(H,74,86)(H,75,87)(H,76,90)(H,77,91)(H,78,92)(H,79,95)(H,80,93)(H,84,85)(H,97,98)(H4,64,65,67)/t29-,30-,32-,33-,34-,35-,36-,37-,38-,39-,44-,45-,46-/m0/s1. The van der Waals surface area contributed by atoms with Crippen LogP contribution in [0.1, 0.15) is 125 Å². The van der Waals surface area contributed by atoms with Crippen molar-refractivity contribution in [3.05, 3.63) is 18.2 Å². The molecule has 0 fully saturated rings. The van der Waals surface area contributed by atoms with E-state index in [9.17, 15) is 86.9 Å². The summed E-state index contributed by atoms with van der Waals surface area (Å²) in [5.41, 5.74) is 27.7. The number of H-pyrrole nitrogens is 1. The minimum absolute atomic E-state index is 0.0287. The van der Waals surface area contributed by atoms with Gasteiger partial charge in [0.2, 0.25) is 82.7 Å². The average Bonchev–Trinajstić information content (AvgIpc) is 0.951. The fraction of sp³-hybridized carbons (Fsp3) is 0.661. The first-order valence-electron chi connectivity index (χ1n) is 32.3. The molecule has 41 heteroatoms. The van der Waals surface area contributed by atoms with E-state index in [1.165, 1.54) is 19.4 Å². The Balaban J connectivity index is 3.48. The third-order valence-corrected chi connectivity index (χ3v) is 16.0. The van der Waals surface area contributed by atoms with Gasteiger partial charge in [-0.15, -0.1) is 0 Å². The molecule has 0 bridgehead atoms. The lowest BCUT2D eigenvalue weighted by atomic mass is 9.97. The number of aliphatic carboxylic acids is 2. The highest BCUT2D eigenvalue weighted by Gasteiger charge is 2.38. The number of carbonyl (C=O) groups excluding carboxylic acids is 14. The number of nitrogens with zero attached hydrogens (tertiary/aromatic N) is 1. The van der Waals surface area contributed by atoms with E-state index in [0.29, 0.717) is 6.42 Å². The number of nitrogens with two attached hydrogens (primary N) is 5. The summed E-state index contributed by atoms with van der Waals surface area (Å²) in [5.74, 6) is -19.1. The average molecular weight is 1460 g/mol. The molecule has 1 heterocycles. The SMILES string of the molecule is CC[C@H](C)[C@H](NC(=O)[C@H](CS)NC(=O)[C@H](CCCCN)NC(=O)[C@H](CCCNC(=N)N)NC(=O)[C@@H](NC(=O)[C@@H](NC(=O)[C@H](Cc1c[nH]cn1)NC(=O)[C@H](C)NC(=O)CNC(=O)[C@H](CC(N)=O)NC(=O)[C@@H](N)CCC(N)=O)C(C)C)C(C)C)C(=O)N[C@@H](CCC(=O)O)C(=O)N[C@@H](CS)C(=O)O. The number of aromatic nitrogens is 2. The Labute approximate surface area is 588 Å². The molecular weight excluding hydrogens is 1350 g/mol. The van der Waals surface area contributed by atoms with Crippen LogP contribution < -0.4 is 97.8 Å². The van der Waals surface area contributed by atoms with Gasteiger partial charge in [-0.1, -0.05) is 48.0 Å². The highest BCUT2D eigenvalue weighted by Crippen LogP contribution is 2.14. The van der Waals surface area contributed by atoms with Crippen molar-refractivity contribution in [3.8, 4) is 0 Å². The molecule has 0 saturated heterocycles. The van der Waals surface area contributed by atoms with Gasteiger partial charge in [-0.05, 0) is 76.2 Å². The summed E-state index contributed by atoms with van der Waals surface area (Å²) in [6.45, 7) is 10.2. The van der Waals surface area contributed by atoms with Crippen LogP contribution in [0.3, 0.4) is 0 Å². The number of unbranched alkanes of at least 4 members (excludes halogenated alkanes) is 1. The highest BCUT2D eigenvalue weighted by atomic mass is 32.1. The second-order valence-corrected chi connectivity index (χ2v) is 24.9. The van der Waals surface area contributed by atoms with Crippen LogP contribution in [-0.2, 0) is 83.1 Å². The van der Waals surface area contributed by atoms with Gasteiger partial charge in [-0.3, -0.25) is 77.3 Å². The Morgan fingerprint density at radius 3 is 1.48 bits per heavy atom. The van der Waals surface area contributed by atoms with E-state index in [4.69, 9.17) is 34.1 Å². The number of imidazole rings is 1. The van der Waals surface area contributed by atoms with Gasteiger partial charge in [0.25, 0.3) is 0 Å². The summed E-state index contributed by atoms with van der Waals surface area (Å²) in [5, 5.41) is 58.5. The normalized spacial score (nSPS) is 15.0. The Kier molecular flexibility index (Phi) is 40.8. The van der Waals surface area contributed by atoms with E-state index in [2.05, 4.69) is 104 Å². The Hall–Kier alpha value is -9.38. The van der Waals surface area contributed by atoms with Crippen molar-refractivity contribution in [2.45, 2.75) is 198 Å². The van der Waals surface area contributed by atoms with Gasteiger partial charge >= 0.3 is 11.9 Å². The van der Waals surface area contributed by atoms with Crippen LogP contribution in [0.2, 0.25) is 0 Å². The summed E-state index contributed by atoms with van der Waals surface area (Å²) in [6, 6.07) is -17.5. The smallest absolute Gasteiger partial charge is 0.327 e. The van der Waals surface area contributed by atoms with Crippen LogP contribution in [0.15, 0.2) is 12.5 Å². The lowest BCUT2D eigenvalue weighted by molar-refractivity contribution is -0.142. The molecule has 0 unspecified atom stereocenters. The van der Waals surface area contributed by atoms with Crippen molar-refractivity contribution >= 4 is 126 Å². The maximum atomic E-state index is 14.5. The molecule has 1 aromatic heterocycles. The number of primary amides is 2. The first-order valence-corrected chi connectivity index (χ1v) is 33.5. The van der Waals surface area contributed by atoms with E-state index in [-0.39, 0.29) is 81.7 Å². The minimum atomic E-state index is -1.60. The summed E-state index contributed by atoms with van der Waals surface area (Å²) >= 11 is 8.19. The molecule has 0 saturated carbocycles. The van der Waals surface area contributed by atoms with E-state index >= 15 is 0 Å². The molecule has 39 nitrogen and oxygen atoms in total. The predicted octanol–water partition coefficient (Wildman–Crippen LogP) is -7.55. The number of guanidine groups is 1. The van der Waals surface area contributed by atoms with Gasteiger partial charge in [0.15, 0.2) is 5.96 Å². The fourth-order valence-corrected chi connectivity index (χ4v) is 9.73. The van der Waals surface area contributed by atoms with Gasteiger partial charge in [-0.25, -0.2) is 9.78 Å². The van der Waals surface area contributed by atoms with Gasteiger partial charge in [0.05, 0.1) is 31.0 Å². The number of hydrogen-bond donors (Lipinski definition) is 24. The number of carboxylic acid groups (broad SMARTS) is 2. The van der Waals surface area contributed by atoms with Crippen LogP contribution in [-0.4, -0.2) is 224 Å². The van der Waals surface area contributed by atoms with Crippen LogP contribution in [0.4, 0.5) is 0 Å². The molecule has 0 radical (unpaired) electrons. The van der Waals surface area contributed by atoms with Gasteiger partial charge in [0.1, 0.15) is 66.5 Å². The number of hydrogen-bond acceptors (Lipinski definition) is 22. The number of thiol groups is 2. The zero-order valence-corrected chi connectivity index (χ0v) is 58.8. The molecule has 100 heavy (non-hydrogen) atoms. The molecule has 27 N–H and O–H groups in total. The number of aromatic amines is 1. The first-order chi connectivity index (χ1) is 46.9. The van der Waals surface area contributed by atoms with Crippen molar-refractivity contribution < 1.29 is 86.9 Å². The minimum Gasteiger partial charge on any atom is -0.481 e.